The monoisotopic (exact) mass is 315 g/mol. The Bertz CT molecular complexity index is 601. The van der Waals surface area contributed by atoms with E-state index in [0.29, 0.717) is 5.56 Å². The molecule has 0 spiro atoms. The Hall–Kier alpha value is -2.02. The first-order valence-electron chi connectivity index (χ1n) is 5.64. The highest BCUT2D eigenvalue weighted by molar-refractivity contribution is 7.60. The average molecular weight is 315 g/mol. The van der Waals surface area contributed by atoms with Crippen LogP contribution in [0, 0.1) is 10.1 Å². The number of non-ortho nitro benzene ring substituents is 1. The highest BCUT2D eigenvalue weighted by Crippen LogP contribution is 2.55. The molecule has 0 radical (unpaired) electrons. The Labute approximate surface area is 121 Å². The lowest BCUT2D eigenvalue weighted by Gasteiger charge is -2.15. The van der Waals surface area contributed by atoms with E-state index in [9.17, 15) is 19.5 Å². The predicted molar refractivity (Wildman–Crippen MR) is 74.7 cm³/mol. The first-order chi connectivity index (χ1) is 9.87. The molecule has 0 bridgehead atoms. The number of methoxy groups -OCH3 is 1. The molecule has 0 saturated carbocycles. The van der Waals surface area contributed by atoms with Crippen LogP contribution < -0.4 is 0 Å². The standard InChI is InChI=1S/C12H14NO7P/c1-18-12(14)11(21(17,19-2)20-3)8-9-4-6-10(7-5-9)13(15)16/h4-8H,1-3H3/b11-8+. The van der Waals surface area contributed by atoms with Gasteiger partial charge in [-0.05, 0) is 23.8 Å². The van der Waals surface area contributed by atoms with Gasteiger partial charge in [0.25, 0.3) is 5.69 Å². The Morgan fingerprint density at radius 3 is 2.10 bits per heavy atom. The van der Waals surface area contributed by atoms with Gasteiger partial charge in [0.15, 0.2) is 0 Å². The van der Waals surface area contributed by atoms with Crippen molar-refractivity contribution >= 4 is 25.3 Å². The van der Waals surface area contributed by atoms with Crippen molar-refractivity contribution in [3.05, 3.63) is 45.3 Å². The third-order valence-electron chi connectivity index (χ3n) is 2.58. The van der Waals surface area contributed by atoms with Crippen LogP contribution in [0.15, 0.2) is 29.6 Å². The van der Waals surface area contributed by atoms with Crippen LogP contribution in [0.4, 0.5) is 5.69 Å². The lowest BCUT2D eigenvalue weighted by molar-refractivity contribution is -0.384. The van der Waals surface area contributed by atoms with Crippen LogP contribution in [0.3, 0.4) is 0 Å². The summed E-state index contributed by atoms with van der Waals surface area (Å²) in [6.07, 6.45) is 1.24. The van der Waals surface area contributed by atoms with Gasteiger partial charge in [0, 0.05) is 26.4 Å². The van der Waals surface area contributed by atoms with Crippen LogP contribution in [-0.2, 0) is 23.1 Å². The molecule has 0 aliphatic heterocycles. The largest absolute Gasteiger partial charge is 0.465 e. The number of hydrogen-bond donors (Lipinski definition) is 0. The van der Waals surface area contributed by atoms with E-state index >= 15 is 0 Å². The second kappa shape index (κ2) is 7.12. The number of hydrogen-bond acceptors (Lipinski definition) is 7. The molecule has 0 aromatic heterocycles. The van der Waals surface area contributed by atoms with Gasteiger partial charge in [-0.25, -0.2) is 4.79 Å². The molecule has 0 atom stereocenters. The normalized spacial score (nSPS) is 12.0. The molecule has 8 nitrogen and oxygen atoms in total. The summed E-state index contributed by atoms with van der Waals surface area (Å²) in [5.41, 5.74) is 0.309. The van der Waals surface area contributed by atoms with E-state index < -0.39 is 18.5 Å². The van der Waals surface area contributed by atoms with Crippen molar-refractivity contribution in [2.75, 3.05) is 21.3 Å². The zero-order valence-corrected chi connectivity index (χ0v) is 12.5. The highest BCUT2D eigenvalue weighted by atomic mass is 31.2. The molecule has 0 aliphatic carbocycles. The van der Waals surface area contributed by atoms with E-state index in [2.05, 4.69) is 4.74 Å². The molecular formula is C12H14NO7P. The van der Waals surface area contributed by atoms with Crippen molar-refractivity contribution in [1.82, 2.24) is 0 Å². The fourth-order valence-electron chi connectivity index (χ4n) is 1.48. The van der Waals surface area contributed by atoms with Crippen LogP contribution in [0.1, 0.15) is 5.56 Å². The van der Waals surface area contributed by atoms with Gasteiger partial charge in [-0.2, -0.15) is 0 Å². The van der Waals surface area contributed by atoms with E-state index in [-0.39, 0.29) is 11.0 Å². The quantitative estimate of drug-likeness (QED) is 0.261. The molecule has 0 N–H and O–H groups in total. The minimum absolute atomic E-state index is 0.103. The van der Waals surface area contributed by atoms with Crippen molar-refractivity contribution in [3.63, 3.8) is 0 Å². The van der Waals surface area contributed by atoms with E-state index in [1.54, 1.807) is 0 Å². The van der Waals surface area contributed by atoms with Gasteiger partial charge in [0.2, 0.25) is 0 Å². The molecule has 0 amide bonds. The molecule has 0 aliphatic rings. The van der Waals surface area contributed by atoms with Gasteiger partial charge >= 0.3 is 13.6 Å². The topological polar surface area (TPSA) is 105 Å². The van der Waals surface area contributed by atoms with E-state index in [0.717, 1.165) is 21.3 Å². The third kappa shape index (κ3) is 3.98. The average Bonchev–Trinajstić information content (AvgIpc) is 2.51. The van der Waals surface area contributed by atoms with Crippen LogP contribution in [0.25, 0.3) is 6.08 Å². The molecular weight excluding hydrogens is 301 g/mol. The maximum atomic E-state index is 12.3. The summed E-state index contributed by atoms with van der Waals surface area (Å²) < 4.78 is 26.4. The maximum Gasteiger partial charge on any atom is 0.368 e. The molecule has 0 fully saturated rings. The Morgan fingerprint density at radius 1 is 1.19 bits per heavy atom. The lowest BCUT2D eigenvalue weighted by Crippen LogP contribution is -2.07. The summed E-state index contributed by atoms with van der Waals surface area (Å²) in [5, 5.41) is 10.3. The number of nitrogens with zero attached hydrogens (tertiary/aromatic N) is 1. The lowest BCUT2D eigenvalue weighted by atomic mass is 10.2. The summed E-state index contributed by atoms with van der Waals surface area (Å²) >= 11 is 0. The molecule has 1 rings (SSSR count). The third-order valence-corrected chi connectivity index (χ3v) is 4.44. The fourth-order valence-corrected chi connectivity index (χ4v) is 2.64. The van der Waals surface area contributed by atoms with E-state index in [1.165, 1.54) is 30.3 Å². The van der Waals surface area contributed by atoms with E-state index in [1.807, 2.05) is 0 Å². The Balaban J connectivity index is 3.29. The first kappa shape index (κ1) is 17.0. The van der Waals surface area contributed by atoms with Crippen molar-refractivity contribution in [1.29, 1.82) is 0 Å². The Morgan fingerprint density at radius 2 is 1.71 bits per heavy atom. The summed E-state index contributed by atoms with van der Waals surface area (Å²) in [4.78, 5) is 21.7. The minimum atomic E-state index is -3.81. The molecule has 9 heteroatoms. The molecule has 1 aromatic rings. The van der Waals surface area contributed by atoms with Gasteiger partial charge < -0.3 is 13.8 Å². The van der Waals surface area contributed by atoms with Gasteiger partial charge in [-0.3, -0.25) is 14.7 Å². The van der Waals surface area contributed by atoms with Crippen molar-refractivity contribution in [2.45, 2.75) is 0 Å². The fraction of sp³-hybridized carbons (Fsp3) is 0.250. The Kier molecular flexibility index (Phi) is 5.78. The number of esters is 1. The van der Waals surface area contributed by atoms with Gasteiger partial charge in [0.05, 0.1) is 12.0 Å². The maximum absolute atomic E-state index is 12.3. The zero-order chi connectivity index (χ0) is 16.0. The SMILES string of the molecule is COC(=O)/C(=C\c1ccc([N+](=O)[O-])cc1)P(=O)(OC)OC. The second-order valence-electron chi connectivity index (χ2n) is 3.73. The van der Waals surface area contributed by atoms with Gasteiger partial charge in [-0.1, -0.05) is 0 Å². The number of rotatable bonds is 6. The van der Waals surface area contributed by atoms with Gasteiger partial charge in [-0.15, -0.1) is 0 Å². The second-order valence-corrected chi connectivity index (χ2v) is 5.94. The molecule has 0 unspecified atom stereocenters. The molecule has 1 aromatic carbocycles. The number of nitro benzene ring substituents is 1. The summed E-state index contributed by atoms with van der Waals surface area (Å²) in [7, 11) is -0.409. The van der Waals surface area contributed by atoms with Crippen LogP contribution >= 0.6 is 7.60 Å². The van der Waals surface area contributed by atoms with Crippen molar-refractivity contribution in [2.24, 2.45) is 0 Å². The van der Waals surface area contributed by atoms with Crippen LogP contribution in [-0.4, -0.2) is 32.2 Å². The van der Waals surface area contributed by atoms with E-state index in [4.69, 9.17) is 9.05 Å². The molecule has 0 heterocycles. The number of benzene rings is 1. The summed E-state index contributed by atoms with van der Waals surface area (Å²) in [6, 6.07) is 5.31. The van der Waals surface area contributed by atoms with Crippen molar-refractivity contribution < 1.29 is 28.1 Å². The number of nitro groups is 1. The number of ether oxygens (including phenoxy) is 1. The first-order valence-corrected chi connectivity index (χ1v) is 7.18. The molecule has 114 valence electrons. The van der Waals surface area contributed by atoms with Crippen LogP contribution in [0.2, 0.25) is 0 Å². The highest BCUT2D eigenvalue weighted by Gasteiger charge is 2.34. The zero-order valence-electron chi connectivity index (χ0n) is 11.6. The summed E-state index contributed by atoms with van der Waals surface area (Å²) in [6.45, 7) is 0. The number of carbonyl (C=O) groups excluding carboxylic acids is 1. The molecule has 21 heavy (non-hydrogen) atoms. The van der Waals surface area contributed by atoms with Gasteiger partial charge in [0.1, 0.15) is 5.31 Å². The predicted octanol–water partition coefficient (Wildman–Crippen LogP) is 2.59. The van der Waals surface area contributed by atoms with Crippen LogP contribution in [0.5, 0.6) is 0 Å². The summed E-state index contributed by atoms with van der Waals surface area (Å²) in [5.74, 6) is -0.875. The van der Waals surface area contributed by atoms with Crippen molar-refractivity contribution in [3.8, 4) is 0 Å². The number of carbonyl (C=O) groups is 1. The smallest absolute Gasteiger partial charge is 0.368 e. The minimum Gasteiger partial charge on any atom is -0.465 e. The molecule has 0 saturated heterocycles.